The molecule has 2 rings (SSSR count). The summed E-state index contributed by atoms with van der Waals surface area (Å²) in [5, 5.41) is 0.500. The van der Waals surface area contributed by atoms with Gasteiger partial charge in [-0.05, 0) is 46.3 Å². The molecule has 2 aromatic carbocycles. The highest BCUT2D eigenvalue weighted by atomic mass is 79.9. The number of anilines is 1. The third-order valence-corrected chi connectivity index (χ3v) is 5.09. The molecular weight excluding hydrogens is 396 g/mol. The highest BCUT2D eigenvalue weighted by Gasteiger charge is 2.16. The summed E-state index contributed by atoms with van der Waals surface area (Å²) in [6.45, 7) is 0. The Morgan fingerprint density at radius 3 is 2.57 bits per heavy atom. The molecule has 8 heteroatoms. The Morgan fingerprint density at radius 2 is 1.95 bits per heavy atom. The molecule has 110 valence electrons. The maximum atomic E-state index is 12.4. The summed E-state index contributed by atoms with van der Waals surface area (Å²) in [5.41, 5.74) is 6.39. The van der Waals surface area contributed by atoms with E-state index in [9.17, 15) is 8.42 Å². The number of hydrogen-bond acceptors (Lipinski definition) is 3. The number of nitrogens with one attached hydrogen (secondary N) is 1. The average molecular weight is 406 g/mol. The minimum absolute atomic E-state index is 0.0784. The molecular formula is C13H10BrClN2O2S2. The van der Waals surface area contributed by atoms with Crippen molar-refractivity contribution in [1.82, 2.24) is 0 Å². The third-order valence-electron chi connectivity index (χ3n) is 2.60. The lowest BCUT2D eigenvalue weighted by molar-refractivity contribution is 0.601. The molecule has 0 aliphatic carbocycles. The second-order valence-electron chi connectivity index (χ2n) is 4.12. The summed E-state index contributed by atoms with van der Waals surface area (Å²) in [5.74, 6) is 0. The van der Waals surface area contributed by atoms with E-state index in [1.165, 1.54) is 12.1 Å². The summed E-state index contributed by atoms with van der Waals surface area (Å²) >= 11 is 13.9. The molecule has 0 aliphatic rings. The summed E-state index contributed by atoms with van der Waals surface area (Å²) in [6, 6.07) is 10.9. The summed E-state index contributed by atoms with van der Waals surface area (Å²) < 4.78 is 27.8. The molecule has 0 radical (unpaired) electrons. The number of sulfonamides is 1. The average Bonchev–Trinajstić information content (AvgIpc) is 2.42. The molecule has 0 saturated heterocycles. The van der Waals surface area contributed by atoms with Crippen LogP contribution >= 0.6 is 39.7 Å². The molecule has 0 aliphatic heterocycles. The van der Waals surface area contributed by atoms with Gasteiger partial charge in [-0.1, -0.05) is 36.0 Å². The van der Waals surface area contributed by atoms with Crippen molar-refractivity contribution in [3.63, 3.8) is 0 Å². The first-order valence-electron chi connectivity index (χ1n) is 5.67. The molecule has 0 atom stereocenters. The highest BCUT2D eigenvalue weighted by molar-refractivity contribution is 9.10. The van der Waals surface area contributed by atoms with Gasteiger partial charge in [0, 0.05) is 15.1 Å². The number of thiocarbonyl (C=S) groups is 1. The van der Waals surface area contributed by atoms with Gasteiger partial charge in [-0.3, -0.25) is 4.72 Å². The first kappa shape index (κ1) is 16.2. The number of nitrogens with two attached hydrogens (primary N) is 1. The zero-order chi connectivity index (χ0) is 15.6. The van der Waals surface area contributed by atoms with E-state index in [0.29, 0.717) is 20.7 Å². The highest BCUT2D eigenvalue weighted by Crippen LogP contribution is 2.28. The van der Waals surface area contributed by atoms with Crippen LogP contribution in [0.3, 0.4) is 0 Å². The fourth-order valence-electron chi connectivity index (χ4n) is 1.59. The van der Waals surface area contributed by atoms with Crippen LogP contribution in [0.5, 0.6) is 0 Å². The predicted molar refractivity (Wildman–Crippen MR) is 92.3 cm³/mol. The van der Waals surface area contributed by atoms with E-state index >= 15 is 0 Å². The van der Waals surface area contributed by atoms with Gasteiger partial charge >= 0.3 is 0 Å². The van der Waals surface area contributed by atoms with Gasteiger partial charge in [0.05, 0.1) is 10.6 Å². The zero-order valence-corrected chi connectivity index (χ0v) is 14.5. The van der Waals surface area contributed by atoms with Crippen molar-refractivity contribution in [1.29, 1.82) is 0 Å². The van der Waals surface area contributed by atoms with E-state index in [2.05, 4.69) is 20.7 Å². The Kier molecular flexibility index (Phi) is 4.88. The topological polar surface area (TPSA) is 72.2 Å². The van der Waals surface area contributed by atoms with Crippen LogP contribution in [-0.4, -0.2) is 13.4 Å². The molecule has 0 amide bonds. The molecule has 0 unspecified atom stereocenters. The number of halogens is 2. The smallest absolute Gasteiger partial charge is 0.261 e. The van der Waals surface area contributed by atoms with E-state index < -0.39 is 10.0 Å². The van der Waals surface area contributed by atoms with Gasteiger partial charge in [0.25, 0.3) is 10.0 Å². The minimum atomic E-state index is -3.74. The Hall–Kier alpha value is -1.15. The van der Waals surface area contributed by atoms with Crippen molar-refractivity contribution in [3.05, 3.63) is 57.5 Å². The molecule has 2 aromatic rings. The quantitative estimate of drug-likeness (QED) is 0.763. The Labute approximate surface area is 141 Å². The predicted octanol–water partition coefficient (Wildman–Crippen LogP) is 3.54. The van der Waals surface area contributed by atoms with Gasteiger partial charge in [0.2, 0.25) is 0 Å². The SMILES string of the molecule is NC(=S)c1cccc(S(=O)(=O)Nc2ccc(Cl)cc2Br)c1. The molecule has 0 aromatic heterocycles. The first-order valence-corrected chi connectivity index (χ1v) is 8.73. The van der Waals surface area contributed by atoms with Crippen LogP contribution in [0.2, 0.25) is 5.02 Å². The van der Waals surface area contributed by atoms with Crippen molar-refractivity contribution in [2.24, 2.45) is 5.73 Å². The third kappa shape index (κ3) is 3.94. The molecule has 3 N–H and O–H groups in total. The number of benzene rings is 2. The molecule has 0 fully saturated rings. The van der Waals surface area contributed by atoms with Crippen molar-refractivity contribution in [3.8, 4) is 0 Å². The number of rotatable bonds is 4. The molecule has 4 nitrogen and oxygen atoms in total. The standard InChI is InChI=1S/C13H10BrClN2O2S2/c14-11-7-9(15)4-5-12(11)17-21(18,19)10-3-1-2-8(6-10)13(16)20/h1-7,17H,(H2,16,20). The Bertz CT molecular complexity index is 810. The van der Waals surface area contributed by atoms with Crippen LogP contribution in [0.1, 0.15) is 5.56 Å². The van der Waals surface area contributed by atoms with Crippen LogP contribution < -0.4 is 10.5 Å². The van der Waals surface area contributed by atoms with Crippen molar-refractivity contribution in [2.75, 3.05) is 4.72 Å². The molecule has 0 saturated carbocycles. The lowest BCUT2D eigenvalue weighted by Crippen LogP contribution is -2.15. The maximum absolute atomic E-state index is 12.4. The summed E-state index contributed by atoms with van der Waals surface area (Å²) in [7, 11) is -3.74. The van der Waals surface area contributed by atoms with Gasteiger partial charge in [-0.25, -0.2) is 8.42 Å². The van der Waals surface area contributed by atoms with E-state index in [1.54, 1.807) is 30.3 Å². The van der Waals surface area contributed by atoms with E-state index in [0.717, 1.165) is 0 Å². The molecule has 21 heavy (non-hydrogen) atoms. The minimum Gasteiger partial charge on any atom is -0.389 e. The molecule has 0 heterocycles. The lowest BCUT2D eigenvalue weighted by atomic mass is 10.2. The van der Waals surface area contributed by atoms with E-state index in [4.69, 9.17) is 29.6 Å². The van der Waals surface area contributed by atoms with Crippen LogP contribution in [0, 0.1) is 0 Å². The Morgan fingerprint density at radius 1 is 1.24 bits per heavy atom. The van der Waals surface area contributed by atoms with Gasteiger partial charge < -0.3 is 5.73 Å². The van der Waals surface area contributed by atoms with Gasteiger partial charge in [0.1, 0.15) is 4.99 Å². The maximum Gasteiger partial charge on any atom is 0.261 e. The van der Waals surface area contributed by atoms with Crippen molar-refractivity contribution >= 4 is 60.4 Å². The van der Waals surface area contributed by atoms with Crippen LogP contribution in [0.15, 0.2) is 51.8 Å². The lowest BCUT2D eigenvalue weighted by Gasteiger charge is -2.11. The first-order chi connectivity index (χ1) is 9.79. The number of hydrogen-bond donors (Lipinski definition) is 2. The fourth-order valence-corrected chi connectivity index (χ4v) is 3.76. The summed E-state index contributed by atoms with van der Waals surface area (Å²) in [4.78, 5) is 0.217. The van der Waals surface area contributed by atoms with Crippen LogP contribution in [0.25, 0.3) is 0 Å². The van der Waals surface area contributed by atoms with Crippen LogP contribution in [-0.2, 0) is 10.0 Å². The van der Waals surface area contributed by atoms with Gasteiger partial charge in [-0.15, -0.1) is 0 Å². The van der Waals surface area contributed by atoms with E-state index in [-0.39, 0.29) is 9.88 Å². The fraction of sp³-hybridized carbons (Fsp3) is 0. The van der Waals surface area contributed by atoms with Gasteiger partial charge in [-0.2, -0.15) is 0 Å². The van der Waals surface area contributed by atoms with Crippen molar-refractivity contribution in [2.45, 2.75) is 4.90 Å². The normalized spacial score (nSPS) is 11.1. The monoisotopic (exact) mass is 404 g/mol. The van der Waals surface area contributed by atoms with Crippen molar-refractivity contribution < 1.29 is 8.42 Å². The van der Waals surface area contributed by atoms with Crippen LogP contribution in [0.4, 0.5) is 5.69 Å². The zero-order valence-electron chi connectivity index (χ0n) is 10.5. The second kappa shape index (κ2) is 6.31. The molecule has 0 bridgehead atoms. The largest absolute Gasteiger partial charge is 0.389 e. The summed E-state index contributed by atoms with van der Waals surface area (Å²) in [6.07, 6.45) is 0. The van der Waals surface area contributed by atoms with E-state index in [1.807, 2.05) is 0 Å². The van der Waals surface area contributed by atoms with Gasteiger partial charge in [0.15, 0.2) is 0 Å². The Balaban J connectivity index is 2.38. The molecule has 0 spiro atoms. The second-order valence-corrected chi connectivity index (χ2v) is 7.53.